The van der Waals surface area contributed by atoms with Crippen LogP contribution in [0.2, 0.25) is 0 Å². The van der Waals surface area contributed by atoms with Crippen molar-refractivity contribution < 1.29 is 40.8 Å². The van der Waals surface area contributed by atoms with Gasteiger partial charge in [0.25, 0.3) is 10.1 Å². The Kier molecular flexibility index (Phi) is 8.28. The third kappa shape index (κ3) is 5.71. The summed E-state index contributed by atoms with van der Waals surface area (Å²) in [5.41, 5.74) is -3.56. The summed E-state index contributed by atoms with van der Waals surface area (Å²) >= 11 is 0. The number of carbonyl (C=O) groups excluding carboxylic acids is 1. The van der Waals surface area contributed by atoms with Crippen LogP contribution in [0.1, 0.15) is 17.5 Å². The van der Waals surface area contributed by atoms with Gasteiger partial charge in [-0.15, -0.1) is 0 Å². The molecule has 0 atom stereocenters. The maximum Gasteiger partial charge on any atom is 0.340 e. The van der Waals surface area contributed by atoms with E-state index in [0.29, 0.717) is 0 Å². The number of carboxylic acid groups (broad SMARTS) is 1. The highest BCUT2D eigenvalue weighted by molar-refractivity contribution is 8.09. The van der Waals surface area contributed by atoms with Crippen molar-refractivity contribution in [1.82, 2.24) is 0 Å². The number of esters is 1. The monoisotopic (exact) mass is 554 g/mol. The van der Waals surface area contributed by atoms with Crippen molar-refractivity contribution in [2.24, 2.45) is 0 Å². The number of hydrogen-bond donors (Lipinski definition) is 2. The lowest BCUT2D eigenvalue weighted by Gasteiger charge is -2.26. The zero-order valence-electron chi connectivity index (χ0n) is 19.4. The summed E-state index contributed by atoms with van der Waals surface area (Å²) in [6.45, 7) is -0.608. The Morgan fingerprint density at radius 1 is 0.868 bits per heavy atom. The molecule has 0 amide bonds. The number of allylic oxidation sites excluding steroid dienone is 1. The van der Waals surface area contributed by atoms with E-state index in [0.717, 1.165) is 0 Å². The molecule has 3 rings (SSSR count). The summed E-state index contributed by atoms with van der Waals surface area (Å²) in [5.74, 6) is -4.01. The molecule has 11 nitrogen and oxygen atoms in total. The van der Waals surface area contributed by atoms with Gasteiger partial charge in [0.05, 0.1) is 33.3 Å². The van der Waals surface area contributed by atoms with Crippen LogP contribution in [0, 0.1) is 22.7 Å². The molecule has 0 aliphatic carbocycles. The maximum atomic E-state index is 14.1. The summed E-state index contributed by atoms with van der Waals surface area (Å²) in [6, 6.07) is 17.3. The lowest BCUT2D eigenvalue weighted by atomic mass is 9.89. The van der Waals surface area contributed by atoms with Crippen LogP contribution in [0.3, 0.4) is 0 Å². The molecule has 0 saturated heterocycles. The van der Waals surface area contributed by atoms with Crippen molar-refractivity contribution in [3.8, 4) is 12.1 Å². The van der Waals surface area contributed by atoms with Crippen LogP contribution in [0.25, 0.3) is 9.81 Å². The topological polar surface area (TPSA) is 200 Å². The lowest BCUT2D eigenvalue weighted by molar-refractivity contribution is -0.138. The first-order valence-corrected chi connectivity index (χ1v) is 13.8. The first kappa shape index (κ1) is 28.0. The van der Waals surface area contributed by atoms with E-state index in [2.05, 4.69) is 0 Å². The van der Waals surface area contributed by atoms with Crippen LogP contribution in [0.15, 0.2) is 83.0 Å². The average molecular weight is 555 g/mol. The van der Waals surface area contributed by atoms with Crippen molar-refractivity contribution >= 4 is 41.7 Å². The van der Waals surface area contributed by atoms with Crippen molar-refractivity contribution in [3.63, 3.8) is 0 Å². The van der Waals surface area contributed by atoms with Gasteiger partial charge in [0.1, 0.15) is 17.7 Å². The molecule has 13 heteroatoms. The Hall–Kier alpha value is -4.56. The van der Waals surface area contributed by atoms with E-state index < -0.39 is 76.4 Å². The zero-order valence-corrected chi connectivity index (χ0v) is 21.0. The molecular weight excluding hydrogens is 536 g/mol. The molecule has 2 N–H and O–H groups in total. The Balaban J connectivity index is 2.44. The maximum absolute atomic E-state index is 14.1. The number of ether oxygens (including phenoxy) is 1. The molecule has 2 aromatic carbocycles. The number of aliphatic carboxylic acids is 1. The van der Waals surface area contributed by atoms with E-state index >= 15 is 0 Å². The second-order valence-corrected chi connectivity index (χ2v) is 11.1. The van der Waals surface area contributed by atoms with Gasteiger partial charge < -0.3 is 9.84 Å². The zero-order chi connectivity index (χ0) is 28.1. The highest BCUT2D eigenvalue weighted by Gasteiger charge is 2.45. The van der Waals surface area contributed by atoms with E-state index in [4.69, 9.17) is 9.29 Å². The molecule has 2 aromatic rings. The standard InChI is InChI=1S/C25H18N2O9S2/c26-14-18(15-27)19-20(24(28)29)22(16-8-3-1-4-9-16)38(34,35)23(17-10-5-2-6-11-17)21(19)25(30)36-12-7-13-37(31,32)33/h1-6,8-11H,7,12-13H2,(H,28,29)(H,31,32,33). The number of nitriles is 2. The molecule has 0 saturated carbocycles. The SMILES string of the molecule is N#CC(C#N)=C1C(C(=O)O)=C(c2ccccc2)S(=O)(=O)C(c2ccccc2)=C1C(=O)OCCCS(=O)(=O)O. The molecule has 1 heterocycles. The predicted molar refractivity (Wildman–Crippen MR) is 134 cm³/mol. The number of hydrogen-bond acceptors (Lipinski definition) is 9. The van der Waals surface area contributed by atoms with Gasteiger partial charge in [-0.1, -0.05) is 60.7 Å². The van der Waals surface area contributed by atoms with Gasteiger partial charge in [0, 0.05) is 5.57 Å². The quantitative estimate of drug-likeness (QED) is 0.210. The highest BCUT2D eigenvalue weighted by Crippen LogP contribution is 2.47. The minimum atomic E-state index is -4.81. The fourth-order valence-electron chi connectivity index (χ4n) is 3.76. The summed E-state index contributed by atoms with van der Waals surface area (Å²) < 4.78 is 64.0. The molecule has 194 valence electrons. The Morgan fingerprint density at radius 3 is 1.76 bits per heavy atom. The van der Waals surface area contributed by atoms with Crippen molar-refractivity contribution in [3.05, 3.63) is 94.1 Å². The molecule has 0 fully saturated rings. The summed E-state index contributed by atoms with van der Waals surface area (Å²) in [4.78, 5) is 24.4. The van der Waals surface area contributed by atoms with Crippen molar-refractivity contribution in [2.45, 2.75) is 6.42 Å². The van der Waals surface area contributed by atoms with Crippen LogP contribution in [0.4, 0.5) is 0 Å². The number of carbonyl (C=O) groups is 2. The third-order valence-electron chi connectivity index (χ3n) is 5.23. The van der Waals surface area contributed by atoms with Crippen LogP contribution in [-0.2, 0) is 34.3 Å². The average Bonchev–Trinajstić information content (AvgIpc) is 2.87. The van der Waals surface area contributed by atoms with E-state index in [-0.39, 0.29) is 17.5 Å². The van der Waals surface area contributed by atoms with Crippen molar-refractivity contribution in [2.75, 3.05) is 12.4 Å². The van der Waals surface area contributed by atoms with Crippen molar-refractivity contribution in [1.29, 1.82) is 10.5 Å². The smallest absolute Gasteiger partial charge is 0.340 e. The van der Waals surface area contributed by atoms with E-state index in [1.54, 1.807) is 12.1 Å². The van der Waals surface area contributed by atoms with Crippen LogP contribution < -0.4 is 0 Å². The molecule has 1 aliphatic heterocycles. The van der Waals surface area contributed by atoms with Gasteiger partial charge >= 0.3 is 11.9 Å². The van der Waals surface area contributed by atoms with Crippen LogP contribution >= 0.6 is 0 Å². The molecule has 0 unspecified atom stereocenters. The fourth-order valence-corrected chi connectivity index (χ4v) is 6.26. The Labute approximate surface area is 217 Å². The summed E-state index contributed by atoms with van der Waals surface area (Å²) in [6.07, 6.45) is -0.370. The molecule has 0 aromatic heterocycles. The minimum Gasteiger partial charge on any atom is -0.478 e. The number of sulfone groups is 1. The number of rotatable bonds is 8. The largest absolute Gasteiger partial charge is 0.478 e. The van der Waals surface area contributed by atoms with Gasteiger partial charge in [-0.25, -0.2) is 18.0 Å². The van der Waals surface area contributed by atoms with Crippen LogP contribution in [0.5, 0.6) is 0 Å². The predicted octanol–water partition coefficient (Wildman–Crippen LogP) is 2.49. The van der Waals surface area contributed by atoms with Gasteiger partial charge in [-0.3, -0.25) is 4.55 Å². The first-order chi connectivity index (χ1) is 17.9. The molecule has 0 spiro atoms. The van der Waals surface area contributed by atoms with E-state index in [1.807, 2.05) is 0 Å². The second kappa shape index (κ2) is 11.2. The number of nitrogens with zero attached hydrogens (tertiary/aromatic N) is 2. The molecule has 0 bridgehead atoms. The van der Waals surface area contributed by atoms with E-state index in [9.17, 15) is 42.1 Å². The Morgan fingerprint density at radius 2 is 1.34 bits per heavy atom. The van der Waals surface area contributed by atoms with Gasteiger partial charge in [0.15, 0.2) is 0 Å². The van der Waals surface area contributed by atoms with E-state index in [1.165, 1.54) is 60.7 Å². The highest BCUT2D eigenvalue weighted by atomic mass is 32.2. The molecule has 38 heavy (non-hydrogen) atoms. The molecule has 0 radical (unpaired) electrons. The first-order valence-electron chi connectivity index (χ1n) is 10.7. The summed E-state index contributed by atoms with van der Waals surface area (Å²) in [5, 5.41) is 29.4. The van der Waals surface area contributed by atoms with Gasteiger partial charge in [0.2, 0.25) is 9.84 Å². The molecule has 1 aliphatic rings. The normalized spacial score (nSPS) is 14.9. The number of carboxylic acids is 1. The third-order valence-corrected chi connectivity index (χ3v) is 7.99. The van der Waals surface area contributed by atoms with Gasteiger partial charge in [-0.2, -0.15) is 18.9 Å². The Bertz CT molecular complexity index is 1670. The van der Waals surface area contributed by atoms with Crippen LogP contribution in [-0.4, -0.2) is 50.8 Å². The summed E-state index contributed by atoms with van der Waals surface area (Å²) in [7, 11) is -9.20. The minimum absolute atomic E-state index is 0.0528. The van der Waals surface area contributed by atoms with Gasteiger partial charge in [-0.05, 0) is 17.5 Å². The number of benzene rings is 2. The fraction of sp³-hybridized carbons (Fsp3) is 0.120. The molecular formula is C25H18N2O9S2. The second-order valence-electron chi connectivity index (χ2n) is 7.70. The lowest BCUT2D eigenvalue weighted by Crippen LogP contribution is -2.27.